The number of rotatable bonds is 5. The van der Waals surface area contributed by atoms with Crippen LogP contribution in [0.3, 0.4) is 0 Å². The third-order valence-corrected chi connectivity index (χ3v) is 4.19. The molecule has 0 unspecified atom stereocenters. The first-order valence-corrected chi connectivity index (χ1v) is 7.98. The van der Waals surface area contributed by atoms with Gasteiger partial charge < -0.3 is 10.1 Å². The minimum Gasteiger partial charge on any atom is -0.489 e. The molecule has 0 aliphatic rings. The molecule has 1 aromatic heterocycles. The van der Waals surface area contributed by atoms with E-state index in [1.165, 1.54) is 6.07 Å². The summed E-state index contributed by atoms with van der Waals surface area (Å²) in [7, 11) is 0. The summed E-state index contributed by atoms with van der Waals surface area (Å²) in [5.74, 6) is -0.431. The van der Waals surface area contributed by atoms with Crippen LogP contribution in [-0.2, 0) is 0 Å². The van der Waals surface area contributed by atoms with Gasteiger partial charge in [-0.3, -0.25) is 4.79 Å². The van der Waals surface area contributed by atoms with Crippen molar-refractivity contribution in [1.82, 2.24) is 10.3 Å². The quantitative estimate of drug-likeness (QED) is 0.728. The number of carbonyl (C=O) groups is 1. The molecule has 118 valence electrons. The maximum atomic E-state index is 13.4. The monoisotopic (exact) mass is 330 g/mol. The summed E-state index contributed by atoms with van der Waals surface area (Å²) in [4.78, 5) is 16.5. The molecule has 3 aromatic rings. The Kier molecular flexibility index (Phi) is 4.52. The zero-order chi connectivity index (χ0) is 16.2. The van der Waals surface area contributed by atoms with E-state index < -0.39 is 5.82 Å². The van der Waals surface area contributed by atoms with Gasteiger partial charge in [-0.1, -0.05) is 12.1 Å². The highest BCUT2D eigenvalue weighted by molar-refractivity contribution is 7.18. The van der Waals surface area contributed by atoms with Gasteiger partial charge in [0.2, 0.25) is 0 Å². The Morgan fingerprint density at radius 3 is 2.96 bits per heavy atom. The molecular formula is C17H15FN2O2S. The number of carbonyl (C=O) groups excluding carboxylic acids is 1. The zero-order valence-electron chi connectivity index (χ0n) is 12.5. The number of para-hydroxylation sites is 1. The number of nitrogens with zero attached hydrogens (tertiary/aromatic N) is 1. The fraction of sp³-hybridized carbons (Fsp3) is 0.176. The molecule has 0 aliphatic heterocycles. The molecule has 2 aromatic carbocycles. The number of aryl methyl sites for hydroxylation is 1. The third-order valence-electron chi connectivity index (χ3n) is 3.24. The van der Waals surface area contributed by atoms with Crippen molar-refractivity contribution in [3.05, 3.63) is 58.9 Å². The summed E-state index contributed by atoms with van der Waals surface area (Å²) >= 11 is 1.59. The van der Waals surface area contributed by atoms with Crippen LogP contribution in [-0.4, -0.2) is 24.0 Å². The van der Waals surface area contributed by atoms with Crippen molar-refractivity contribution in [3.8, 4) is 5.75 Å². The number of benzene rings is 2. The molecule has 0 radical (unpaired) electrons. The van der Waals surface area contributed by atoms with Gasteiger partial charge in [0.05, 0.1) is 21.8 Å². The van der Waals surface area contributed by atoms with Crippen LogP contribution < -0.4 is 10.1 Å². The zero-order valence-corrected chi connectivity index (χ0v) is 13.3. The van der Waals surface area contributed by atoms with Crippen LogP contribution in [0.4, 0.5) is 4.39 Å². The fourth-order valence-corrected chi connectivity index (χ4v) is 2.98. The van der Waals surface area contributed by atoms with Crippen LogP contribution in [0.15, 0.2) is 42.5 Å². The van der Waals surface area contributed by atoms with Gasteiger partial charge in [-0.05, 0) is 37.3 Å². The van der Waals surface area contributed by atoms with Crippen molar-refractivity contribution in [3.63, 3.8) is 0 Å². The van der Waals surface area contributed by atoms with E-state index in [0.29, 0.717) is 12.1 Å². The van der Waals surface area contributed by atoms with Gasteiger partial charge in [-0.15, -0.1) is 11.3 Å². The second-order valence-corrected chi connectivity index (χ2v) is 6.18. The van der Waals surface area contributed by atoms with Gasteiger partial charge in [0, 0.05) is 5.56 Å². The molecule has 0 atom stereocenters. The molecule has 1 N–H and O–H groups in total. The van der Waals surface area contributed by atoms with Crippen molar-refractivity contribution < 1.29 is 13.9 Å². The van der Waals surface area contributed by atoms with Crippen LogP contribution in [0.2, 0.25) is 0 Å². The van der Waals surface area contributed by atoms with Crippen LogP contribution in [0.1, 0.15) is 15.4 Å². The second kappa shape index (κ2) is 6.75. The topological polar surface area (TPSA) is 51.2 Å². The number of halogens is 1. The molecule has 0 aliphatic carbocycles. The van der Waals surface area contributed by atoms with Crippen molar-refractivity contribution in [1.29, 1.82) is 0 Å². The summed E-state index contributed by atoms with van der Waals surface area (Å²) in [5, 5.41) is 3.72. The molecule has 3 rings (SSSR count). The standard InChI is InChI=1S/C17H15FN2O2S/c1-11-20-14-10-12(6-7-16(14)23-11)17(21)19-8-9-22-15-5-3-2-4-13(15)18/h2-7,10H,8-9H2,1H3,(H,19,21). The predicted octanol–water partition coefficient (Wildman–Crippen LogP) is 3.55. The predicted molar refractivity (Wildman–Crippen MR) is 88.6 cm³/mol. The molecule has 1 amide bonds. The maximum absolute atomic E-state index is 13.4. The normalized spacial score (nSPS) is 10.7. The lowest BCUT2D eigenvalue weighted by Gasteiger charge is -2.08. The largest absolute Gasteiger partial charge is 0.489 e. The Balaban J connectivity index is 1.55. The number of aromatic nitrogens is 1. The van der Waals surface area contributed by atoms with Gasteiger partial charge >= 0.3 is 0 Å². The smallest absolute Gasteiger partial charge is 0.251 e. The Morgan fingerprint density at radius 2 is 2.13 bits per heavy atom. The minimum atomic E-state index is -0.414. The summed E-state index contributed by atoms with van der Waals surface area (Å²) < 4.78 is 19.7. The van der Waals surface area contributed by atoms with Crippen molar-refractivity contribution in [2.75, 3.05) is 13.2 Å². The summed E-state index contributed by atoms with van der Waals surface area (Å²) in [6, 6.07) is 11.6. The van der Waals surface area contributed by atoms with E-state index in [-0.39, 0.29) is 18.3 Å². The number of thiazole rings is 1. The number of nitrogens with one attached hydrogen (secondary N) is 1. The van der Waals surface area contributed by atoms with E-state index in [4.69, 9.17) is 4.74 Å². The maximum Gasteiger partial charge on any atom is 0.251 e. The lowest BCUT2D eigenvalue weighted by molar-refractivity contribution is 0.0947. The second-order valence-electron chi connectivity index (χ2n) is 4.95. The van der Waals surface area contributed by atoms with E-state index >= 15 is 0 Å². The van der Waals surface area contributed by atoms with Gasteiger partial charge in [-0.25, -0.2) is 9.37 Å². The van der Waals surface area contributed by atoms with E-state index in [1.54, 1.807) is 41.7 Å². The van der Waals surface area contributed by atoms with Crippen molar-refractivity contribution >= 4 is 27.5 Å². The molecule has 23 heavy (non-hydrogen) atoms. The number of ether oxygens (including phenoxy) is 1. The van der Waals surface area contributed by atoms with Crippen LogP contribution in [0, 0.1) is 12.7 Å². The van der Waals surface area contributed by atoms with Gasteiger partial charge in [0.15, 0.2) is 11.6 Å². The van der Waals surface area contributed by atoms with E-state index in [1.807, 2.05) is 13.0 Å². The molecule has 4 nitrogen and oxygen atoms in total. The van der Waals surface area contributed by atoms with Gasteiger partial charge in [0.25, 0.3) is 5.91 Å². The first kappa shape index (κ1) is 15.4. The molecule has 0 fully saturated rings. The first-order chi connectivity index (χ1) is 11.1. The highest BCUT2D eigenvalue weighted by Crippen LogP contribution is 2.22. The fourth-order valence-electron chi connectivity index (χ4n) is 2.17. The van der Waals surface area contributed by atoms with E-state index in [2.05, 4.69) is 10.3 Å². The Morgan fingerprint density at radius 1 is 1.30 bits per heavy atom. The highest BCUT2D eigenvalue weighted by Gasteiger charge is 2.08. The summed E-state index contributed by atoms with van der Waals surface area (Å²) in [6.07, 6.45) is 0. The number of hydrogen-bond acceptors (Lipinski definition) is 4. The van der Waals surface area contributed by atoms with Crippen molar-refractivity contribution in [2.45, 2.75) is 6.92 Å². The minimum absolute atomic E-state index is 0.182. The summed E-state index contributed by atoms with van der Waals surface area (Å²) in [5.41, 5.74) is 1.37. The Hall–Kier alpha value is -2.47. The molecule has 0 spiro atoms. The molecule has 0 saturated carbocycles. The number of fused-ring (bicyclic) bond motifs is 1. The Labute approximate surface area is 136 Å². The van der Waals surface area contributed by atoms with Crippen LogP contribution in [0.5, 0.6) is 5.75 Å². The molecule has 6 heteroatoms. The highest BCUT2D eigenvalue weighted by atomic mass is 32.1. The first-order valence-electron chi connectivity index (χ1n) is 7.16. The number of amides is 1. The van der Waals surface area contributed by atoms with Gasteiger partial charge in [0.1, 0.15) is 6.61 Å². The summed E-state index contributed by atoms with van der Waals surface area (Å²) in [6.45, 7) is 2.43. The van der Waals surface area contributed by atoms with Crippen LogP contribution in [0.25, 0.3) is 10.2 Å². The SMILES string of the molecule is Cc1nc2cc(C(=O)NCCOc3ccccc3F)ccc2s1. The molecule has 1 heterocycles. The lowest BCUT2D eigenvalue weighted by Crippen LogP contribution is -2.28. The lowest BCUT2D eigenvalue weighted by atomic mass is 10.2. The number of hydrogen-bond donors (Lipinski definition) is 1. The average molecular weight is 330 g/mol. The molecule has 0 bridgehead atoms. The third kappa shape index (κ3) is 3.65. The Bertz CT molecular complexity index is 847. The van der Waals surface area contributed by atoms with Crippen LogP contribution >= 0.6 is 11.3 Å². The molecule has 0 saturated heterocycles. The van der Waals surface area contributed by atoms with E-state index in [0.717, 1.165) is 15.2 Å². The van der Waals surface area contributed by atoms with Gasteiger partial charge in [-0.2, -0.15) is 0 Å². The van der Waals surface area contributed by atoms with E-state index in [9.17, 15) is 9.18 Å². The molecular weight excluding hydrogens is 315 g/mol. The average Bonchev–Trinajstić information content (AvgIpc) is 2.92. The van der Waals surface area contributed by atoms with Crippen molar-refractivity contribution in [2.24, 2.45) is 0 Å².